The Morgan fingerprint density at radius 1 is 0.688 bits per heavy atom. The van der Waals surface area contributed by atoms with Crippen LogP contribution in [0.5, 0.6) is 11.5 Å². The van der Waals surface area contributed by atoms with Crippen molar-refractivity contribution in [2.45, 2.75) is 52.4 Å². The van der Waals surface area contributed by atoms with Gasteiger partial charge in [-0.15, -0.1) is 30.3 Å². The molecule has 8 aromatic rings. The zero-order valence-electron chi connectivity index (χ0n) is 27.8. The molecule has 0 bridgehead atoms. The summed E-state index contributed by atoms with van der Waals surface area (Å²) >= 11 is 0. The zero-order chi connectivity index (χ0) is 32.5. The number of ether oxygens (including phenoxy) is 1. The van der Waals surface area contributed by atoms with Crippen LogP contribution in [0.4, 0.5) is 0 Å². The smallest absolute Gasteiger partial charge is 0.503 e. The second-order valence-electron chi connectivity index (χ2n) is 14.2. The fraction of sp³-hybridized carbons (Fsp3) is 0.195. The van der Waals surface area contributed by atoms with Crippen LogP contribution in [0.25, 0.3) is 55.4 Å². The summed E-state index contributed by atoms with van der Waals surface area (Å²) in [6, 6.07) is 37.9. The van der Waals surface area contributed by atoms with E-state index in [1.54, 1.807) is 0 Å². The molecule has 0 saturated heterocycles. The molecule has 0 spiro atoms. The molecule has 48 heavy (non-hydrogen) atoms. The molecule has 0 aliphatic carbocycles. The Labute approximate surface area is 294 Å². The number of hydrogen-bond donors (Lipinski definition) is 0. The fourth-order valence-corrected chi connectivity index (χ4v) is 6.13. The van der Waals surface area contributed by atoms with Crippen LogP contribution in [0.2, 0.25) is 0 Å². The van der Waals surface area contributed by atoms with Gasteiger partial charge in [0.05, 0.1) is 22.4 Å². The number of benzene rings is 4. The summed E-state index contributed by atoms with van der Waals surface area (Å²) in [6.07, 6.45) is 3.80. The molecule has 4 aromatic heterocycles. The molecular weight excluding hydrogens is 774 g/mol. The molecule has 4 heterocycles. The number of fused-ring (bicyclic) bond motifs is 8. The van der Waals surface area contributed by atoms with E-state index in [2.05, 4.69) is 101 Å². The van der Waals surface area contributed by atoms with Crippen LogP contribution in [0.1, 0.15) is 52.7 Å². The topological polar surface area (TPSA) is 57.2 Å². The molecule has 6 nitrogen and oxygen atoms in total. The first-order valence-electron chi connectivity index (χ1n) is 16.0. The third-order valence-corrected chi connectivity index (χ3v) is 8.76. The van der Waals surface area contributed by atoms with E-state index in [1.807, 2.05) is 65.6 Å². The van der Waals surface area contributed by atoms with Crippen LogP contribution in [-0.2, 0) is 31.9 Å². The standard InChI is InChI=1S/C41H35N5O.Pt/c1-40(2,3)27-21-26(22-28(23-27)41(4,5)6)35-18-20-45(44-35)29-11-9-12-30(24-29)47-31-16-17-32-33-13-10-19-42-38(33)46-37-15-8-7-14-36(37)43-39(46)34(32)25-31;/h7-23H,1-6H3;/q-2;+2. The molecule has 7 heteroatoms. The molecule has 0 fully saturated rings. The minimum Gasteiger partial charge on any atom is -0.503 e. The van der Waals surface area contributed by atoms with Crippen LogP contribution >= 0.6 is 0 Å². The first-order valence-corrected chi connectivity index (χ1v) is 16.0. The van der Waals surface area contributed by atoms with E-state index in [0.29, 0.717) is 11.5 Å². The van der Waals surface area contributed by atoms with Crippen molar-refractivity contribution >= 4 is 38.5 Å². The van der Waals surface area contributed by atoms with E-state index in [4.69, 9.17) is 19.8 Å². The monoisotopic (exact) mass is 808 g/mol. The number of rotatable bonds is 4. The van der Waals surface area contributed by atoms with Crippen LogP contribution in [-0.4, -0.2) is 24.1 Å². The summed E-state index contributed by atoms with van der Waals surface area (Å²) in [5.74, 6) is 1.16. The Kier molecular flexibility index (Phi) is 7.75. The Morgan fingerprint density at radius 3 is 2.21 bits per heavy atom. The van der Waals surface area contributed by atoms with Gasteiger partial charge in [0.1, 0.15) is 5.65 Å². The minimum atomic E-state index is 0. The molecule has 4 aromatic carbocycles. The van der Waals surface area contributed by atoms with Gasteiger partial charge < -0.3 is 9.14 Å². The predicted molar refractivity (Wildman–Crippen MR) is 190 cm³/mol. The molecule has 0 saturated carbocycles. The molecule has 0 aliphatic heterocycles. The summed E-state index contributed by atoms with van der Waals surface area (Å²) in [4.78, 5) is 9.70. The summed E-state index contributed by atoms with van der Waals surface area (Å²) in [7, 11) is 0. The third-order valence-electron chi connectivity index (χ3n) is 8.76. The van der Waals surface area contributed by atoms with Gasteiger partial charge in [0.25, 0.3) is 0 Å². The molecular formula is C41H35N5OPt. The normalized spacial score (nSPS) is 12.2. The third kappa shape index (κ3) is 5.58. The SMILES string of the molecule is CC(C)(C)c1cc(-c2ccn(-c3[c-]c(Oc4[c-]c5c(cc4)c4cccnc4n4c6ccccc6nc54)ccc3)n2)cc(C(C)(C)C)c1.[Pt+2]. The quantitative estimate of drug-likeness (QED) is 0.131. The maximum Gasteiger partial charge on any atom is 2.00 e. The molecule has 0 amide bonds. The fourth-order valence-electron chi connectivity index (χ4n) is 6.13. The van der Waals surface area contributed by atoms with Gasteiger partial charge >= 0.3 is 21.1 Å². The van der Waals surface area contributed by atoms with Gasteiger partial charge in [0.2, 0.25) is 0 Å². The first kappa shape index (κ1) is 31.8. The Bertz CT molecular complexity index is 2450. The van der Waals surface area contributed by atoms with Gasteiger partial charge in [-0.05, 0) is 69.4 Å². The average Bonchev–Trinajstić information content (AvgIpc) is 3.70. The van der Waals surface area contributed by atoms with Crippen molar-refractivity contribution in [3.8, 4) is 28.4 Å². The minimum absolute atomic E-state index is 0. The Balaban J connectivity index is 0.00000364. The Hall–Kier alpha value is -4.80. The van der Waals surface area contributed by atoms with Gasteiger partial charge in [-0.2, -0.15) is 11.2 Å². The molecule has 0 unspecified atom stereocenters. The Morgan fingerprint density at radius 2 is 1.44 bits per heavy atom. The van der Waals surface area contributed by atoms with Crippen molar-refractivity contribution < 1.29 is 25.8 Å². The summed E-state index contributed by atoms with van der Waals surface area (Å²) < 4.78 is 10.3. The van der Waals surface area contributed by atoms with Gasteiger partial charge in [-0.1, -0.05) is 82.6 Å². The molecule has 0 atom stereocenters. The van der Waals surface area contributed by atoms with Crippen LogP contribution in [0.15, 0.2) is 103 Å². The van der Waals surface area contributed by atoms with E-state index in [0.717, 1.165) is 55.4 Å². The predicted octanol–water partition coefficient (Wildman–Crippen LogP) is 10.0. The number of aromatic nitrogens is 5. The molecule has 8 rings (SSSR count). The molecule has 0 N–H and O–H groups in total. The second kappa shape index (κ2) is 11.7. The molecule has 0 radical (unpaired) electrons. The van der Waals surface area contributed by atoms with Crippen molar-refractivity contribution in [2.75, 3.05) is 0 Å². The van der Waals surface area contributed by atoms with E-state index < -0.39 is 0 Å². The van der Waals surface area contributed by atoms with E-state index in [1.165, 1.54) is 11.1 Å². The summed E-state index contributed by atoms with van der Waals surface area (Å²) in [6.45, 7) is 13.5. The summed E-state index contributed by atoms with van der Waals surface area (Å²) in [5, 5.41) is 7.91. The van der Waals surface area contributed by atoms with E-state index >= 15 is 0 Å². The molecule has 240 valence electrons. The number of pyridine rings is 2. The van der Waals surface area contributed by atoms with E-state index in [9.17, 15) is 0 Å². The second-order valence-corrected chi connectivity index (χ2v) is 14.2. The number of para-hydroxylation sites is 2. The van der Waals surface area contributed by atoms with Crippen LogP contribution in [0.3, 0.4) is 0 Å². The van der Waals surface area contributed by atoms with Crippen molar-refractivity contribution in [1.29, 1.82) is 0 Å². The largest absolute Gasteiger partial charge is 2.00 e. The maximum atomic E-state index is 6.38. The first-order chi connectivity index (χ1) is 22.5. The number of nitrogens with zero attached hydrogens (tertiary/aromatic N) is 5. The number of imidazole rings is 1. The summed E-state index contributed by atoms with van der Waals surface area (Å²) in [5.41, 5.74) is 9.05. The van der Waals surface area contributed by atoms with Gasteiger partial charge in [-0.25, -0.2) is 4.98 Å². The van der Waals surface area contributed by atoms with Gasteiger partial charge in [0, 0.05) is 29.5 Å². The van der Waals surface area contributed by atoms with Gasteiger partial charge in [0.15, 0.2) is 0 Å². The molecule has 0 aliphatic rings. The van der Waals surface area contributed by atoms with Crippen LogP contribution in [0, 0.1) is 12.1 Å². The van der Waals surface area contributed by atoms with Gasteiger partial charge in [-0.3, -0.25) is 9.67 Å². The van der Waals surface area contributed by atoms with E-state index in [-0.39, 0.29) is 31.9 Å². The van der Waals surface area contributed by atoms with Crippen LogP contribution < -0.4 is 4.74 Å². The number of hydrogen-bond acceptors (Lipinski definition) is 4. The van der Waals surface area contributed by atoms with Crippen molar-refractivity contribution in [1.82, 2.24) is 24.1 Å². The zero-order valence-corrected chi connectivity index (χ0v) is 30.0. The van der Waals surface area contributed by atoms with Crippen molar-refractivity contribution in [3.63, 3.8) is 0 Å². The van der Waals surface area contributed by atoms with Crippen molar-refractivity contribution in [2.24, 2.45) is 0 Å². The average molecular weight is 809 g/mol. The van der Waals surface area contributed by atoms with Crippen molar-refractivity contribution in [3.05, 3.63) is 127 Å². The maximum absolute atomic E-state index is 6.38.